The maximum absolute atomic E-state index is 12.1. The van der Waals surface area contributed by atoms with Crippen LogP contribution in [0.25, 0.3) is 0 Å². The number of carbonyl (C=O) groups is 1. The zero-order chi connectivity index (χ0) is 17.0. The number of nitrogens with one attached hydrogen (secondary N) is 3. The van der Waals surface area contributed by atoms with Gasteiger partial charge >= 0.3 is 6.03 Å². The first-order valence-corrected chi connectivity index (χ1v) is 8.29. The van der Waals surface area contributed by atoms with Gasteiger partial charge in [0, 0.05) is 11.4 Å². The van der Waals surface area contributed by atoms with Crippen molar-refractivity contribution < 1.29 is 13.2 Å². The topological polar surface area (TPSA) is 113 Å². The highest BCUT2D eigenvalue weighted by Gasteiger charge is 2.20. The Labute approximate surface area is 138 Å². The molecule has 0 saturated heterocycles. The number of rotatable bonds is 4. The summed E-state index contributed by atoms with van der Waals surface area (Å²) < 4.78 is 26.0. The van der Waals surface area contributed by atoms with E-state index < -0.39 is 16.1 Å². The van der Waals surface area contributed by atoms with E-state index in [0.717, 1.165) is 0 Å². The number of hydrogen-bond donors (Lipinski definition) is 3. The Hall–Kier alpha value is -2.39. The molecule has 0 unspecified atom stereocenters. The lowest BCUT2D eigenvalue weighted by molar-refractivity contribution is 0.247. The van der Waals surface area contributed by atoms with Crippen LogP contribution in [-0.2, 0) is 10.0 Å². The van der Waals surface area contributed by atoms with Gasteiger partial charge in [0.15, 0.2) is 0 Å². The van der Waals surface area contributed by atoms with Crippen molar-refractivity contribution in [2.75, 3.05) is 5.43 Å². The van der Waals surface area contributed by atoms with Crippen LogP contribution >= 0.6 is 11.6 Å². The summed E-state index contributed by atoms with van der Waals surface area (Å²) in [5.41, 5.74) is 5.98. The largest absolute Gasteiger partial charge is 0.347 e. The molecule has 0 radical (unpaired) electrons. The minimum atomic E-state index is -4.09. The fourth-order valence-electron chi connectivity index (χ4n) is 1.76. The van der Waals surface area contributed by atoms with Gasteiger partial charge in [-0.15, -0.1) is 0 Å². The van der Waals surface area contributed by atoms with E-state index in [2.05, 4.69) is 20.8 Å². The van der Waals surface area contributed by atoms with Crippen molar-refractivity contribution in [3.63, 3.8) is 0 Å². The molecule has 0 bridgehead atoms. The molecule has 23 heavy (non-hydrogen) atoms. The van der Waals surface area contributed by atoms with Crippen LogP contribution in [0.1, 0.15) is 11.4 Å². The molecule has 8 nitrogen and oxygen atoms in total. The van der Waals surface area contributed by atoms with Crippen molar-refractivity contribution in [1.29, 1.82) is 0 Å². The molecular weight excluding hydrogens is 342 g/mol. The Bertz CT molecular complexity index is 821. The second-order valence-corrected chi connectivity index (χ2v) is 6.65. The fourth-order valence-corrected chi connectivity index (χ4v) is 3.19. The Balaban J connectivity index is 2.03. The lowest BCUT2D eigenvalue weighted by Gasteiger charge is -2.11. The Morgan fingerprint density at radius 3 is 2.35 bits per heavy atom. The summed E-state index contributed by atoms with van der Waals surface area (Å²) in [6.45, 7) is 3.53. The summed E-state index contributed by atoms with van der Waals surface area (Å²) >= 11 is 5.81. The first-order valence-electron chi connectivity index (χ1n) is 6.43. The number of hydrazine groups is 1. The molecular formula is C13H14ClN5O3S. The van der Waals surface area contributed by atoms with Crippen LogP contribution in [0.3, 0.4) is 0 Å². The predicted octanol–water partition coefficient (Wildman–Crippen LogP) is 1.76. The zero-order valence-electron chi connectivity index (χ0n) is 12.3. The molecule has 3 N–H and O–H groups in total. The van der Waals surface area contributed by atoms with Gasteiger partial charge in [-0.25, -0.2) is 33.3 Å². The highest BCUT2D eigenvalue weighted by atomic mass is 35.5. The van der Waals surface area contributed by atoms with Crippen LogP contribution in [0.15, 0.2) is 35.2 Å². The van der Waals surface area contributed by atoms with Crippen LogP contribution in [0.4, 0.5) is 10.7 Å². The van der Waals surface area contributed by atoms with Gasteiger partial charge in [0.05, 0.1) is 5.02 Å². The summed E-state index contributed by atoms with van der Waals surface area (Å²) in [5.74, 6) is 0.146. The average molecular weight is 356 g/mol. The fraction of sp³-hybridized carbons (Fsp3) is 0.154. The summed E-state index contributed by atoms with van der Waals surface area (Å²) in [6.07, 6.45) is 0. The number of urea groups is 1. The lowest BCUT2D eigenvalue weighted by Crippen LogP contribution is -2.42. The summed E-state index contributed by atoms with van der Waals surface area (Å²) in [7, 11) is -4.09. The Morgan fingerprint density at radius 2 is 1.74 bits per heavy atom. The van der Waals surface area contributed by atoms with Gasteiger partial charge < -0.3 is 0 Å². The number of halogens is 1. The molecule has 1 aromatic carbocycles. The van der Waals surface area contributed by atoms with Crippen LogP contribution in [0.2, 0.25) is 5.02 Å². The van der Waals surface area contributed by atoms with Crippen molar-refractivity contribution in [2.24, 2.45) is 0 Å². The monoisotopic (exact) mass is 355 g/mol. The molecule has 10 heteroatoms. The summed E-state index contributed by atoms with van der Waals surface area (Å²) in [6, 6.07) is 6.55. The number of sulfonamides is 1. The van der Waals surface area contributed by atoms with E-state index in [1.165, 1.54) is 18.2 Å². The summed E-state index contributed by atoms with van der Waals surface area (Å²) in [5, 5.41) is 0.0124. The number of aromatic nitrogens is 2. The SMILES string of the molecule is Cc1cc(C)nc(NNC(=O)NS(=O)(=O)c2ccccc2Cl)n1. The number of nitrogens with zero attached hydrogens (tertiary/aromatic N) is 2. The van der Waals surface area contributed by atoms with Gasteiger partial charge in [-0.05, 0) is 32.0 Å². The second-order valence-electron chi connectivity index (χ2n) is 4.59. The highest BCUT2D eigenvalue weighted by molar-refractivity contribution is 7.90. The van der Waals surface area contributed by atoms with Gasteiger partial charge in [0.25, 0.3) is 10.0 Å². The summed E-state index contributed by atoms with van der Waals surface area (Å²) in [4.78, 5) is 19.6. The minimum absolute atomic E-state index is 0.0124. The molecule has 1 heterocycles. The average Bonchev–Trinajstić information content (AvgIpc) is 2.44. The maximum Gasteiger partial charge on any atom is 0.347 e. The van der Waals surface area contributed by atoms with E-state index in [1.54, 1.807) is 26.0 Å². The van der Waals surface area contributed by atoms with Crippen molar-refractivity contribution in [2.45, 2.75) is 18.7 Å². The van der Waals surface area contributed by atoms with Gasteiger partial charge in [-0.1, -0.05) is 23.7 Å². The van der Waals surface area contributed by atoms with E-state index in [-0.39, 0.29) is 15.9 Å². The Morgan fingerprint density at radius 1 is 1.13 bits per heavy atom. The second kappa shape index (κ2) is 6.80. The van der Waals surface area contributed by atoms with Crippen LogP contribution in [0, 0.1) is 13.8 Å². The van der Waals surface area contributed by atoms with Crippen LogP contribution < -0.4 is 15.6 Å². The Kier molecular flexibility index (Phi) is 5.02. The molecule has 0 aliphatic carbocycles. The van der Waals surface area contributed by atoms with E-state index >= 15 is 0 Å². The number of amides is 2. The standard InChI is InChI=1S/C13H14ClN5O3S/c1-8-7-9(2)16-12(15-8)17-18-13(20)19-23(21,22)11-6-4-3-5-10(11)14/h3-7H,1-2H3,(H,15,16,17)(H2,18,19,20). The van der Waals surface area contributed by atoms with E-state index in [4.69, 9.17) is 11.6 Å². The quantitative estimate of drug-likeness (QED) is 0.720. The third-order valence-corrected chi connectivity index (χ3v) is 4.45. The zero-order valence-corrected chi connectivity index (χ0v) is 13.9. The van der Waals surface area contributed by atoms with Gasteiger partial charge in [-0.3, -0.25) is 5.43 Å². The molecule has 122 valence electrons. The third kappa shape index (κ3) is 4.54. The molecule has 0 spiro atoms. The van der Waals surface area contributed by atoms with E-state index in [9.17, 15) is 13.2 Å². The number of hydrogen-bond acceptors (Lipinski definition) is 6. The molecule has 0 aliphatic rings. The molecule has 0 aliphatic heterocycles. The number of aryl methyl sites for hydroxylation is 2. The van der Waals surface area contributed by atoms with Gasteiger partial charge in [-0.2, -0.15) is 0 Å². The van der Waals surface area contributed by atoms with Crippen LogP contribution in [-0.4, -0.2) is 24.4 Å². The molecule has 0 saturated carbocycles. The van der Waals surface area contributed by atoms with Crippen LogP contribution in [0.5, 0.6) is 0 Å². The van der Waals surface area contributed by atoms with Crippen molar-refractivity contribution in [3.05, 3.63) is 46.7 Å². The smallest absolute Gasteiger partial charge is 0.264 e. The molecule has 0 atom stereocenters. The van der Waals surface area contributed by atoms with Crippen molar-refractivity contribution >= 4 is 33.6 Å². The molecule has 2 aromatic rings. The van der Waals surface area contributed by atoms with Gasteiger partial charge in [0.2, 0.25) is 5.95 Å². The maximum atomic E-state index is 12.1. The first-order chi connectivity index (χ1) is 10.8. The predicted molar refractivity (Wildman–Crippen MR) is 85.4 cm³/mol. The number of benzene rings is 1. The molecule has 1 aromatic heterocycles. The van der Waals surface area contributed by atoms with Crippen molar-refractivity contribution in [1.82, 2.24) is 20.1 Å². The third-order valence-electron chi connectivity index (χ3n) is 2.62. The van der Waals surface area contributed by atoms with E-state index in [0.29, 0.717) is 11.4 Å². The molecule has 2 amide bonds. The lowest BCUT2D eigenvalue weighted by atomic mass is 10.4. The minimum Gasteiger partial charge on any atom is -0.264 e. The normalized spacial score (nSPS) is 10.9. The number of anilines is 1. The molecule has 2 rings (SSSR count). The van der Waals surface area contributed by atoms with E-state index in [1.807, 2.05) is 4.72 Å². The van der Waals surface area contributed by atoms with Gasteiger partial charge in [0.1, 0.15) is 4.90 Å². The highest BCUT2D eigenvalue weighted by Crippen LogP contribution is 2.19. The van der Waals surface area contributed by atoms with Crippen molar-refractivity contribution in [3.8, 4) is 0 Å². The molecule has 0 fully saturated rings. The first kappa shape index (κ1) is 17.0. The number of carbonyl (C=O) groups excluding carboxylic acids is 1.